The van der Waals surface area contributed by atoms with Crippen LogP contribution in [-0.4, -0.2) is 9.97 Å². The fraction of sp³-hybridized carbons (Fsp3) is 0.188. The number of rotatable bonds is 2. The van der Waals surface area contributed by atoms with E-state index < -0.39 is 11.9 Å². The quantitative estimate of drug-likeness (QED) is 0.636. The molecule has 0 saturated carbocycles. The molecular formula is C16H10Cl2F3N2. The maximum Gasteiger partial charge on any atom is 0.433 e. The molecule has 2 nitrogen and oxygen atoms in total. The Morgan fingerprint density at radius 2 is 2.00 bits per heavy atom. The number of nitrogens with zero attached hydrogens (tertiary/aromatic N) is 1. The van der Waals surface area contributed by atoms with E-state index in [1.54, 1.807) is 25.1 Å². The predicted molar refractivity (Wildman–Crippen MR) is 83.9 cm³/mol. The lowest BCUT2D eigenvalue weighted by molar-refractivity contribution is -0.141. The third-order valence-electron chi connectivity index (χ3n) is 3.51. The summed E-state index contributed by atoms with van der Waals surface area (Å²) in [6.07, 6.45) is -4.13. The van der Waals surface area contributed by atoms with Crippen LogP contribution in [0, 0.1) is 13.0 Å². The lowest BCUT2D eigenvalue weighted by Gasteiger charge is -2.06. The zero-order valence-corrected chi connectivity index (χ0v) is 13.4. The molecule has 0 atom stereocenters. The Morgan fingerprint density at radius 1 is 1.26 bits per heavy atom. The summed E-state index contributed by atoms with van der Waals surface area (Å²) in [7, 11) is 0. The van der Waals surface area contributed by atoms with Crippen molar-refractivity contribution in [2.75, 3.05) is 0 Å². The zero-order chi connectivity index (χ0) is 16.8. The molecule has 7 heteroatoms. The van der Waals surface area contributed by atoms with Crippen LogP contribution < -0.4 is 0 Å². The van der Waals surface area contributed by atoms with Crippen LogP contribution in [0.4, 0.5) is 13.2 Å². The van der Waals surface area contributed by atoms with E-state index in [0.29, 0.717) is 38.7 Å². The van der Waals surface area contributed by atoms with Gasteiger partial charge in [-0.05, 0) is 36.2 Å². The molecule has 0 bridgehead atoms. The predicted octanol–water partition coefficient (Wildman–Crippen LogP) is 5.59. The first-order valence-corrected chi connectivity index (χ1v) is 7.42. The fourth-order valence-corrected chi connectivity index (χ4v) is 2.90. The fourth-order valence-electron chi connectivity index (χ4n) is 2.40. The van der Waals surface area contributed by atoms with Crippen molar-refractivity contribution in [3.8, 4) is 0 Å². The first kappa shape index (κ1) is 16.1. The number of nitrogens with one attached hydrogen (secondary N) is 1. The molecule has 0 aliphatic carbocycles. The van der Waals surface area contributed by atoms with E-state index in [1.807, 2.05) is 0 Å². The average Bonchev–Trinajstić information content (AvgIpc) is 2.85. The molecule has 0 aliphatic rings. The van der Waals surface area contributed by atoms with Crippen LogP contribution in [0.25, 0.3) is 11.0 Å². The molecule has 0 fully saturated rings. The highest BCUT2D eigenvalue weighted by molar-refractivity contribution is 6.35. The lowest BCUT2D eigenvalue weighted by atomic mass is 10.1. The number of H-pyrrole nitrogens is 1. The molecule has 0 spiro atoms. The van der Waals surface area contributed by atoms with Crippen molar-refractivity contribution < 1.29 is 13.2 Å². The van der Waals surface area contributed by atoms with E-state index in [4.69, 9.17) is 23.2 Å². The summed E-state index contributed by atoms with van der Waals surface area (Å²) in [5.74, 6) is 0. The number of pyridine rings is 1. The van der Waals surface area contributed by atoms with Gasteiger partial charge in [-0.25, -0.2) is 4.98 Å². The average molecular weight is 358 g/mol. The largest absolute Gasteiger partial charge is 0.433 e. The Hall–Kier alpha value is -1.72. The van der Waals surface area contributed by atoms with E-state index in [1.165, 1.54) is 0 Å². The molecule has 0 amide bonds. The van der Waals surface area contributed by atoms with Crippen LogP contribution in [0.5, 0.6) is 0 Å². The highest BCUT2D eigenvalue weighted by Crippen LogP contribution is 2.32. The van der Waals surface area contributed by atoms with Crippen molar-refractivity contribution in [3.05, 3.63) is 62.9 Å². The second-order valence-corrected chi connectivity index (χ2v) is 5.96. The Labute approximate surface area is 140 Å². The Kier molecular flexibility index (Phi) is 4.02. The van der Waals surface area contributed by atoms with Gasteiger partial charge in [-0.1, -0.05) is 29.3 Å². The Bertz CT molecular complexity index is 865. The van der Waals surface area contributed by atoms with E-state index in [-0.39, 0.29) is 5.65 Å². The second-order valence-electron chi connectivity index (χ2n) is 5.17. The number of halogens is 5. The van der Waals surface area contributed by atoms with Crippen molar-refractivity contribution >= 4 is 34.2 Å². The number of aromatic amines is 1. The smallest absolute Gasteiger partial charge is 0.343 e. The minimum absolute atomic E-state index is 0.194. The van der Waals surface area contributed by atoms with Gasteiger partial charge in [0.1, 0.15) is 11.3 Å². The maximum absolute atomic E-state index is 12.8. The molecule has 1 N–H and O–H groups in total. The van der Waals surface area contributed by atoms with E-state index in [0.717, 1.165) is 6.07 Å². The van der Waals surface area contributed by atoms with Crippen LogP contribution in [0.2, 0.25) is 10.0 Å². The SMILES string of the molecule is Cc1cc(C(F)(F)F)nc2[nH]c(Cc3c(Cl)[c]ccc3Cl)cc12. The van der Waals surface area contributed by atoms with Gasteiger partial charge in [0.05, 0.1) is 5.02 Å². The highest BCUT2D eigenvalue weighted by Gasteiger charge is 2.33. The number of benzene rings is 1. The van der Waals surface area contributed by atoms with Crippen LogP contribution in [-0.2, 0) is 12.6 Å². The van der Waals surface area contributed by atoms with E-state index in [2.05, 4.69) is 16.0 Å². The van der Waals surface area contributed by atoms with Crippen molar-refractivity contribution in [2.45, 2.75) is 19.5 Å². The summed E-state index contributed by atoms with van der Waals surface area (Å²) < 4.78 is 38.5. The lowest BCUT2D eigenvalue weighted by Crippen LogP contribution is -2.08. The standard InChI is InChI=1S/C16H10Cl2F3N2/c1-8-5-14(16(19,20)21)23-15-10(8)6-9(22-15)7-11-12(17)3-2-4-13(11)18/h2-3,5-6H,7H2,1H3,(H,22,23). The molecule has 0 unspecified atom stereocenters. The number of aryl methyl sites for hydroxylation is 1. The molecule has 1 radical (unpaired) electrons. The van der Waals surface area contributed by atoms with Gasteiger partial charge in [-0.3, -0.25) is 0 Å². The molecule has 0 aliphatic heterocycles. The van der Waals surface area contributed by atoms with Gasteiger partial charge in [-0.15, -0.1) is 0 Å². The first-order chi connectivity index (χ1) is 10.8. The van der Waals surface area contributed by atoms with Gasteiger partial charge in [0.2, 0.25) is 0 Å². The number of aromatic nitrogens is 2. The molecule has 119 valence electrons. The summed E-state index contributed by atoms with van der Waals surface area (Å²) in [5, 5.41) is 1.50. The summed E-state index contributed by atoms with van der Waals surface area (Å²) in [4.78, 5) is 6.57. The summed E-state index contributed by atoms with van der Waals surface area (Å²) in [6.45, 7) is 1.62. The van der Waals surface area contributed by atoms with Crippen LogP contribution in [0.1, 0.15) is 22.5 Å². The summed E-state index contributed by atoms with van der Waals surface area (Å²) in [5.41, 5.74) is 1.12. The summed E-state index contributed by atoms with van der Waals surface area (Å²) >= 11 is 12.2. The van der Waals surface area contributed by atoms with Crippen molar-refractivity contribution in [1.29, 1.82) is 0 Å². The monoisotopic (exact) mass is 357 g/mol. The number of fused-ring (bicyclic) bond motifs is 1. The topological polar surface area (TPSA) is 28.7 Å². The first-order valence-electron chi connectivity index (χ1n) is 6.66. The normalized spacial score (nSPS) is 12.1. The van der Waals surface area contributed by atoms with Crippen LogP contribution in [0.15, 0.2) is 24.3 Å². The van der Waals surface area contributed by atoms with E-state index in [9.17, 15) is 13.2 Å². The van der Waals surface area contributed by atoms with Crippen LogP contribution >= 0.6 is 23.2 Å². The molecule has 0 saturated heterocycles. The Balaban J connectivity index is 2.05. The molecular weight excluding hydrogens is 348 g/mol. The molecule has 23 heavy (non-hydrogen) atoms. The van der Waals surface area contributed by atoms with Gasteiger partial charge in [0.15, 0.2) is 0 Å². The minimum atomic E-state index is -4.48. The third kappa shape index (κ3) is 3.16. The van der Waals surface area contributed by atoms with Gasteiger partial charge in [0.25, 0.3) is 0 Å². The third-order valence-corrected chi connectivity index (χ3v) is 4.20. The Morgan fingerprint density at radius 3 is 2.65 bits per heavy atom. The van der Waals surface area contributed by atoms with Gasteiger partial charge < -0.3 is 4.98 Å². The van der Waals surface area contributed by atoms with Crippen molar-refractivity contribution in [1.82, 2.24) is 9.97 Å². The minimum Gasteiger partial charge on any atom is -0.343 e. The number of hydrogen-bond donors (Lipinski definition) is 1. The number of hydrogen-bond acceptors (Lipinski definition) is 1. The highest BCUT2D eigenvalue weighted by atomic mass is 35.5. The maximum atomic E-state index is 12.8. The van der Waals surface area contributed by atoms with Crippen molar-refractivity contribution in [3.63, 3.8) is 0 Å². The van der Waals surface area contributed by atoms with Gasteiger partial charge in [-0.2, -0.15) is 13.2 Å². The van der Waals surface area contributed by atoms with E-state index >= 15 is 0 Å². The van der Waals surface area contributed by atoms with Crippen LogP contribution in [0.3, 0.4) is 0 Å². The molecule has 1 aromatic carbocycles. The molecule has 2 heterocycles. The zero-order valence-electron chi connectivity index (χ0n) is 11.9. The molecule has 2 aromatic heterocycles. The molecule has 3 aromatic rings. The number of alkyl halides is 3. The summed E-state index contributed by atoms with van der Waals surface area (Å²) in [6, 6.07) is 8.91. The van der Waals surface area contributed by atoms with Gasteiger partial charge >= 0.3 is 6.18 Å². The second kappa shape index (κ2) is 5.73. The van der Waals surface area contributed by atoms with Gasteiger partial charge in [0, 0.05) is 28.6 Å². The molecule has 3 rings (SSSR count). The van der Waals surface area contributed by atoms with Crippen molar-refractivity contribution in [2.24, 2.45) is 0 Å².